The molecule has 2 aromatic rings. The monoisotopic (exact) mass is 397 g/mol. The Hall–Kier alpha value is -3.53. The minimum atomic E-state index is -0.601. The summed E-state index contributed by atoms with van der Waals surface area (Å²) < 4.78 is 0. The smallest absolute Gasteiger partial charge is 0.270 e. The van der Waals surface area contributed by atoms with Crippen molar-refractivity contribution in [3.8, 4) is 0 Å². The van der Waals surface area contributed by atoms with E-state index >= 15 is 0 Å². The van der Waals surface area contributed by atoms with Gasteiger partial charge in [-0.05, 0) is 12.1 Å². The zero-order valence-electron chi connectivity index (χ0n) is 14.4. The van der Waals surface area contributed by atoms with Gasteiger partial charge in [0.25, 0.3) is 5.69 Å². The molecule has 2 amide bonds. The summed E-state index contributed by atoms with van der Waals surface area (Å²) in [6.07, 6.45) is 1.35. The zero-order valence-corrected chi connectivity index (χ0v) is 15.3. The third kappa shape index (κ3) is 5.24. The van der Waals surface area contributed by atoms with Crippen LogP contribution < -0.4 is 10.6 Å². The van der Waals surface area contributed by atoms with Gasteiger partial charge in [-0.15, -0.1) is 5.10 Å². The van der Waals surface area contributed by atoms with E-state index in [1.54, 1.807) is 36.4 Å². The summed E-state index contributed by atoms with van der Waals surface area (Å²) in [7, 11) is 0. The number of para-hydroxylation sites is 1. The van der Waals surface area contributed by atoms with Crippen LogP contribution in [-0.2, 0) is 9.59 Å². The van der Waals surface area contributed by atoms with Crippen LogP contribution in [0, 0.1) is 10.1 Å². The van der Waals surface area contributed by atoms with Crippen molar-refractivity contribution in [1.82, 2.24) is 5.32 Å². The van der Waals surface area contributed by atoms with Gasteiger partial charge in [0.05, 0.1) is 11.1 Å². The van der Waals surface area contributed by atoms with Gasteiger partial charge in [-0.3, -0.25) is 19.7 Å². The van der Waals surface area contributed by atoms with Crippen LogP contribution in [0.5, 0.6) is 0 Å². The van der Waals surface area contributed by atoms with Crippen LogP contribution in [0.15, 0.2) is 64.8 Å². The third-order valence-corrected chi connectivity index (χ3v) is 4.71. The molecule has 1 aliphatic rings. The van der Waals surface area contributed by atoms with Gasteiger partial charge < -0.3 is 10.6 Å². The zero-order chi connectivity index (χ0) is 19.9. The van der Waals surface area contributed by atoms with Gasteiger partial charge in [-0.1, -0.05) is 42.1 Å². The molecule has 2 aromatic carbocycles. The lowest BCUT2D eigenvalue weighted by Crippen LogP contribution is -2.28. The molecule has 0 bridgehead atoms. The standard InChI is InChI=1S/C18H15N5O4S/c24-16(20-13-6-2-1-3-7-13)10-15-17(25)21-18(28-15)22-19-11-12-5-4-8-14(9-12)23(26)27/h1-9,11,15H,10H2,(H,20,24)(H,21,22,25)/b19-11-/t15-/m0/s1. The molecule has 1 fully saturated rings. The number of nitro benzene ring substituents is 1. The lowest BCUT2D eigenvalue weighted by atomic mass is 10.2. The van der Waals surface area contributed by atoms with E-state index in [9.17, 15) is 19.7 Å². The van der Waals surface area contributed by atoms with E-state index in [4.69, 9.17) is 0 Å². The maximum atomic E-state index is 12.1. The normalized spacial score (nSPS) is 17.6. The highest BCUT2D eigenvalue weighted by molar-refractivity contribution is 8.15. The number of carbonyl (C=O) groups is 2. The van der Waals surface area contributed by atoms with Crippen LogP contribution in [0.2, 0.25) is 0 Å². The molecule has 0 unspecified atom stereocenters. The van der Waals surface area contributed by atoms with E-state index in [0.29, 0.717) is 11.3 Å². The highest BCUT2D eigenvalue weighted by Crippen LogP contribution is 2.23. The van der Waals surface area contributed by atoms with E-state index < -0.39 is 10.2 Å². The number of hydrogen-bond acceptors (Lipinski definition) is 7. The number of amidine groups is 1. The first kappa shape index (κ1) is 19.2. The number of nitrogens with zero attached hydrogens (tertiary/aromatic N) is 3. The number of anilines is 1. The fourth-order valence-electron chi connectivity index (χ4n) is 2.36. The largest absolute Gasteiger partial charge is 0.326 e. The SMILES string of the molecule is O=C(C[C@@H]1S/C(=N\N=C/c2cccc([N+](=O)[O-])c2)NC1=O)Nc1ccccc1. The molecule has 3 rings (SSSR count). The first-order chi connectivity index (χ1) is 13.5. The number of thioether (sulfide) groups is 1. The number of amides is 2. The van der Waals surface area contributed by atoms with Crippen molar-refractivity contribution in [3.63, 3.8) is 0 Å². The number of nitrogens with one attached hydrogen (secondary N) is 2. The predicted molar refractivity (Wildman–Crippen MR) is 107 cm³/mol. The summed E-state index contributed by atoms with van der Waals surface area (Å²) in [5.41, 5.74) is 1.11. The van der Waals surface area contributed by atoms with Crippen LogP contribution in [0.25, 0.3) is 0 Å². The molecule has 142 valence electrons. The van der Waals surface area contributed by atoms with Crippen molar-refractivity contribution in [2.75, 3.05) is 5.32 Å². The first-order valence-electron chi connectivity index (χ1n) is 8.19. The molecule has 10 heteroatoms. The number of hydrogen-bond donors (Lipinski definition) is 2. The molecule has 1 aliphatic heterocycles. The summed E-state index contributed by atoms with van der Waals surface area (Å²) in [5, 5.41) is 23.5. The molecule has 9 nitrogen and oxygen atoms in total. The van der Waals surface area contributed by atoms with E-state index in [1.807, 2.05) is 6.07 Å². The molecule has 2 N–H and O–H groups in total. The molecule has 1 atom stereocenters. The first-order valence-corrected chi connectivity index (χ1v) is 9.07. The second-order valence-electron chi connectivity index (χ2n) is 5.72. The van der Waals surface area contributed by atoms with Crippen LogP contribution >= 0.6 is 11.8 Å². The van der Waals surface area contributed by atoms with Crippen molar-refractivity contribution in [1.29, 1.82) is 0 Å². The minimum Gasteiger partial charge on any atom is -0.326 e. The van der Waals surface area contributed by atoms with Gasteiger partial charge in [0.15, 0.2) is 5.17 Å². The van der Waals surface area contributed by atoms with Crippen molar-refractivity contribution in [2.24, 2.45) is 10.2 Å². The Balaban J connectivity index is 1.57. The molecular weight excluding hydrogens is 382 g/mol. The Labute approximate surface area is 164 Å². The maximum absolute atomic E-state index is 12.1. The second-order valence-corrected chi connectivity index (χ2v) is 6.91. The van der Waals surface area contributed by atoms with Crippen molar-refractivity contribution >= 4 is 46.3 Å². The number of carbonyl (C=O) groups excluding carboxylic acids is 2. The lowest BCUT2D eigenvalue weighted by Gasteiger charge is -2.06. The van der Waals surface area contributed by atoms with E-state index in [2.05, 4.69) is 20.8 Å². The van der Waals surface area contributed by atoms with Crippen molar-refractivity contribution in [3.05, 3.63) is 70.3 Å². The highest BCUT2D eigenvalue weighted by atomic mass is 32.2. The highest BCUT2D eigenvalue weighted by Gasteiger charge is 2.32. The molecule has 0 radical (unpaired) electrons. The number of nitro groups is 1. The van der Waals surface area contributed by atoms with Gasteiger partial charge in [-0.25, -0.2) is 0 Å². The molecule has 28 heavy (non-hydrogen) atoms. The van der Waals surface area contributed by atoms with Crippen LogP contribution in [0.3, 0.4) is 0 Å². The average molecular weight is 397 g/mol. The van der Waals surface area contributed by atoms with E-state index in [-0.39, 0.29) is 29.1 Å². The number of non-ortho nitro benzene ring substituents is 1. The Bertz CT molecular complexity index is 961. The van der Waals surface area contributed by atoms with Crippen molar-refractivity contribution < 1.29 is 14.5 Å². The number of benzene rings is 2. The fraction of sp³-hybridized carbons (Fsp3) is 0.111. The van der Waals surface area contributed by atoms with Gasteiger partial charge in [0.1, 0.15) is 5.25 Å². The van der Waals surface area contributed by atoms with E-state index in [0.717, 1.165) is 11.8 Å². The topological polar surface area (TPSA) is 126 Å². The molecule has 0 aromatic heterocycles. The summed E-state index contributed by atoms with van der Waals surface area (Å²) in [6.45, 7) is 0. The van der Waals surface area contributed by atoms with Gasteiger partial charge >= 0.3 is 0 Å². The second kappa shape index (κ2) is 8.91. The van der Waals surface area contributed by atoms with Crippen LogP contribution in [-0.4, -0.2) is 33.4 Å². The molecule has 1 saturated heterocycles. The quantitative estimate of drug-likeness (QED) is 0.440. The third-order valence-electron chi connectivity index (χ3n) is 3.64. The summed E-state index contributed by atoms with van der Waals surface area (Å²) in [6, 6.07) is 14.9. The maximum Gasteiger partial charge on any atom is 0.270 e. The van der Waals surface area contributed by atoms with Crippen LogP contribution in [0.4, 0.5) is 11.4 Å². The Morgan fingerprint density at radius 3 is 2.79 bits per heavy atom. The Morgan fingerprint density at radius 2 is 2.04 bits per heavy atom. The fourth-order valence-corrected chi connectivity index (χ4v) is 3.28. The summed E-state index contributed by atoms with van der Waals surface area (Å²) >= 11 is 1.11. The predicted octanol–water partition coefficient (Wildman–Crippen LogP) is 2.55. The molecule has 0 spiro atoms. The number of rotatable bonds is 6. The van der Waals surface area contributed by atoms with Crippen molar-refractivity contribution in [2.45, 2.75) is 11.7 Å². The lowest BCUT2D eigenvalue weighted by molar-refractivity contribution is -0.384. The summed E-state index contributed by atoms with van der Waals surface area (Å²) in [5.74, 6) is -0.599. The van der Waals surface area contributed by atoms with Crippen LogP contribution in [0.1, 0.15) is 12.0 Å². The molecule has 0 aliphatic carbocycles. The molecular formula is C18H15N5O4S. The Morgan fingerprint density at radius 1 is 1.25 bits per heavy atom. The Kier molecular flexibility index (Phi) is 6.12. The van der Waals surface area contributed by atoms with Gasteiger partial charge in [-0.2, -0.15) is 5.10 Å². The van der Waals surface area contributed by atoms with E-state index in [1.165, 1.54) is 18.3 Å². The minimum absolute atomic E-state index is 0.000984. The molecule has 0 saturated carbocycles. The van der Waals surface area contributed by atoms with Gasteiger partial charge in [0.2, 0.25) is 11.8 Å². The summed E-state index contributed by atoms with van der Waals surface area (Å²) in [4.78, 5) is 34.3. The average Bonchev–Trinajstić information content (AvgIpc) is 3.02. The molecule has 1 heterocycles. The van der Waals surface area contributed by atoms with Gasteiger partial charge in [0, 0.05) is 29.8 Å².